The van der Waals surface area contributed by atoms with E-state index in [2.05, 4.69) is 41.5 Å². The molecule has 16 heavy (non-hydrogen) atoms. The first-order valence-corrected chi connectivity index (χ1v) is 5.93. The minimum Gasteiger partial charge on any atom is -0.383 e. The van der Waals surface area contributed by atoms with Gasteiger partial charge in [0.2, 0.25) is 0 Å². The number of nitrogens with zero attached hydrogens (tertiary/aromatic N) is 1. The fourth-order valence-corrected chi connectivity index (χ4v) is 2.03. The van der Waals surface area contributed by atoms with Crippen molar-refractivity contribution in [3.8, 4) is 0 Å². The molecule has 0 radical (unpaired) electrons. The van der Waals surface area contributed by atoms with E-state index in [1.165, 1.54) is 29.5 Å². The zero-order chi connectivity index (χ0) is 11.0. The van der Waals surface area contributed by atoms with Crippen LogP contribution in [-0.4, -0.2) is 11.5 Å². The van der Waals surface area contributed by atoms with Crippen molar-refractivity contribution in [2.45, 2.75) is 19.8 Å². The Labute approximate surface area is 95.7 Å². The first-order chi connectivity index (χ1) is 7.84. The Balaban J connectivity index is 1.99. The third-order valence-corrected chi connectivity index (χ3v) is 3.27. The molecule has 1 aliphatic rings. The molecule has 1 aromatic carbocycles. The quantitative estimate of drug-likeness (QED) is 0.843. The highest BCUT2D eigenvalue weighted by molar-refractivity contribution is 5.92. The van der Waals surface area contributed by atoms with Gasteiger partial charge in [-0.15, -0.1) is 0 Å². The van der Waals surface area contributed by atoms with Crippen LogP contribution in [0.5, 0.6) is 0 Å². The van der Waals surface area contributed by atoms with E-state index in [-0.39, 0.29) is 0 Å². The summed E-state index contributed by atoms with van der Waals surface area (Å²) in [6.45, 7) is 3.23. The van der Waals surface area contributed by atoms with E-state index in [9.17, 15) is 0 Å². The largest absolute Gasteiger partial charge is 0.383 e. The Hall–Kier alpha value is -1.57. The van der Waals surface area contributed by atoms with Crippen molar-refractivity contribution in [1.82, 2.24) is 4.98 Å². The van der Waals surface area contributed by atoms with Crippen molar-refractivity contribution in [3.05, 3.63) is 36.0 Å². The second kappa shape index (κ2) is 3.78. The smallest absolute Gasteiger partial charge is 0.0935 e. The SMILES string of the molecule is Cc1ccnc2c(NCC3CC3)cccc12. The lowest BCUT2D eigenvalue weighted by atomic mass is 10.1. The number of hydrogen-bond donors (Lipinski definition) is 1. The molecular formula is C14H16N2. The summed E-state index contributed by atoms with van der Waals surface area (Å²) in [7, 11) is 0. The number of nitrogens with one attached hydrogen (secondary N) is 1. The minimum absolute atomic E-state index is 0.889. The van der Waals surface area contributed by atoms with Crippen LogP contribution in [0.3, 0.4) is 0 Å². The van der Waals surface area contributed by atoms with E-state index in [0.717, 1.165) is 18.0 Å². The molecule has 1 aromatic heterocycles. The average molecular weight is 212 g/mol. The molecule has 2 nitrogen and oxygen atoms in total. The molecule has 2 heteroatoms. The van der Waals surface area contributed by atoms with E-state index in [4.69, 9.17) is 0 Å². The van der Waals surface area contributed by atoms with Crippen molar-refractivity contribution in [3.63, 3.8) is 0 Å². The summed E-state index contributed by atoms with van der Waals surface area (Å²) in [6.07, 6.45) is 4.65. The van der Waals surface area contributed by atoms with Crippen LogP contribution < -0.4 is 5.32 Å². The highest BCUT2D eigenvalue weighted by Crippen LogP contribution is 2.30. The molecule has 0 spiro atoms. The summed E-state index contributed by atoms with van der Waals surface area (Å²) >= 11 is 0. The molecule has 0 aliphatic heterocycles. The van der Waals surface area contributed by atoms with Crippen molar-refractivity contribution in [2.24, 2.45) is 5.92 Å². The number of pyridine rings is 1. The van der Waals surface area contributed by atoms with Crippen LogP contribution in [0.4, 0.5) is 5.69 Å². The van der Waals surface area contributed by atoms with Crippen LogP contribution in [0.2, 0.25) is 0 Å². The van der Waals surface area contributed by atoms with Gasteiger partial charge in [-0.3, -0.25) is 4.98 Å². The number of para-hydroxylation sites is 1. The fourth-order valence-electron chi connectivity index (χ4n) is 2.03. The molecule has 1 N–H and O–H groups in total. The van der Waals surface area contributed by atoms with E-state index < -0.39 is 0 Å². The van der Waals surface area contributed by atoms with Crippen LogP contribution in [0.1, 0.15) is 18.4 Å². The van der Waals surface area contributed by atoms with E-state index >= 15 is 0 Å². The van der Waals surface area contributed by atoms with Gasteiger partial charge in [-0.05, 0) is 43.4 Å². The van der Waals surface area contributed by atoms with Gasteiger partial charge in [0.05, 0.1) is 11.2 Å². The third-order valence-electron chi connectivity index (χ3n) is 3.27. The predicted molar refractivity (Wildman–Crippen MR) is 67.7 cm³/mol. The Morgan fingerprint density at radius 2 is 2.19 bits per heavy atom. The van der Waals surface area contributed by atoms with Gasteiger partial charge < -0.3 is 5.32 Å². The van der Waals surface area contributed by atoms with Gasteiger partial charge >= 0.3 is 0 Å². The van der Waals surface area contributed by atoms with Gasteiger partial charge in [0.25, 0.3) is 0 Å². The maximum absolute atomic E-state index is 4.48. The van der Waals surface area contributed by atoms with Crippen molar-refractivity contribution in [1.29, 1.82) is 0 Å². The highest BCUT2D eigenvalue weighted by Gasteiger charge is 2.20. The summed E-state index contributed by atoms with van der Waals surface area (Å²) in [5.74, 6) is 0.889. The molecule has 1 fully saturated rings. The lowest BCUT2D eigenvalue weighted by Crippen LogP contribution is -2.04. The van der Waals surface area contributed by atoms with Crippen LogP contribution in [0.15, 0.2) is 30.5 Å². The summed E-state index contributed by atoms with van der Waals surface area (Å²) < 4.78 is 0. The Kier molecular flexibility index (Phi) is 2.28. The number of aryl methyl sites for hydroxylation is 1. The number of hydrogen-bond acceptors (Lipinski definition) is 2. The molecule has 0 amide bonds. The molecule has 1 saturated carbocycles. The molecule has 82 valence electrons. The minimum atomic E-state index is 0.889. The van der Waals surface area contributed by atoms with Crippen LogP contribution in [-0.2, 0) is 0 Å². The number of rotatable bonds is 3. The Bertz CT molecular complexity index is 515. The summed E-state index contributed by atoms with van der Waals surface area (Å²) in [5, 5.41) is 4.77. The molecule has 2 aromatic rings. The lowest BCUT2D eigenvalue weighted by Gasteiger charge is -2.09. The second-order valence-corrected chi connectivity index (χ2v) is 4.65. The number of anilines is 1. The number of benzene rings is 1. The predicted octanol–water partition coefficient (Wildman–Crippen LogP) is 3.37. The van der Waals surface area contributed by atoms with E-state index in [1.54, 1.807) is 0 Å². The van der Waals surface area contributed by atoms with Gasteiger partial charge in [-0.25, -0.2) is 0 Å². The van der Waals surface area contributed by atoms with Crippen molar-refractivity contribution >= 4 is 16.6 Å². The highest BCUT2D eigenvalue weighted by atomic mass is 14.9. The first-order valence-electron chi connectivity index (χ1n) is 5.93. The van der Waals surface area contributed by atoms with Crippen LogP contribution in [0, 0.1) is 12.8 Å². The molecule has 0 bridgehead atoms. The lowest BCUT2D eigenvalue weighted by molar-refractivity contribution is 0.890. The monoisotopic (exact) mass is 212 g/mol. The van der Waals surface area contributed by atoms with Crippen LogP contribution in [0.25, 0.3) is 10.9 Å². The normalized spacial score (nSPS) is 15.3. The molecule has 1 aliphatic carbocycles. The first kappa shape index (κ1) is 9.64. The standard InChI is InChI=1S/C14H16N2/c1-10-7-8-15-14-12(10)3-2-4-13(14)16-9-11-5-6-11/h2-4,7-8,11,16H,5-6,9H2,1H3. The Morgan fingerprint density at radius 3 is 3.00 bits per heavy atom. The maximum atomic E-state index is 4.48. The van der Waals surface area contributed by atoms with Crippen molar-refractivity contribution < 1.29 is 0 Å². The molecule has 3 rings (SSSR count). The summed E-state index contributed by atoms with van der Waals surface area (Å²) in [4.78, 5) is 4.48. The van der Waals surface area contributed by atoms with Crippen molar-refractivity contribution in [2.75, 3.05) is 11.9 Å². The molecule has 0 atom stereocenters. The average Bonchev–Trinajstić information content (AvgIpc) is 3.11. The summed E-state index contributed by atoms with van der Waals surface area (Å²) in [5.41, 5.74) is 3.57. The van der Waals surface area contributed by atoms with Gasteiger partial charge in [-0.2, -0.15) is 0 Å². The van der Waals surface area contributed by atoms with Gasteiger partial charge in [0, 0.05) is 18.1 Å². The molecule has 1 heterocycles. The molecule has 0 saturated heterocycles. The van der Waals surface area contributed by atoms with Gasteiger partial charge in [-0.1, -0.05) is 12.1 Å². The fraction of sp³-hybridized carbons (Fsp3) is 0.357. The van der Waals surface area contributed by atoms with Gasteiger partial charge in [0.15, 0.2) is 0 Å². The van der Waals surface area contributed by atoms with E-state index in [1.807, 2.05) is 6.20 Å². The zero-order valence-corrected chi connectivity index (χ0v) is 9.53. The molecular weight excluding hydrogens is 196 g/mol. The zero-order valence-electron chi connectivity index (χ0n) is 9.53. The third kappa shape index (κ3) is 1.75. The Morgan fingerprint density at radius 1 is 1.31 bits per heavy atom. The topological polar surface area (TPSA) is 24.9 Å². The van der Waals surface area contributed by atoms with E-state index in [0.29, 0.717) is 0 Å². The molecule has 0 unspecified atom stereocenters. The maximum Gasteiger partial charge on any atom is 0.0935 e. The number of fused-ring (bicyclic) bond motifs is 1. The van der Waals surface area contributed by atoms with Gasteiger partial charge in [0.1, 0.15) is 0 Å². The second-order valence-electron chi connectivity index (χ2n) is 4.65. The summed E-state index contributed by atoms with van der Waals surface area (Å²) in [6, 6.07) is 8.43. The van der Waals surface area contributed by atoms with Crippen LogP contribution >= 0.6 is 0 Å². The number of aromatic nitrogens is 1.